The van der Waals surface area contributed by atoms with Gasteiger partial charge in [-0.05, 0) is 34.9 Å². The molecule has 0 aliphatic carbocycles. The van der Waals surface area contributed by atoms with Crippen molar-refractivity contribution in [1.82, 2.24) is 9.97 Å². The van der Waals surface area contributed by atoms with Crippen molar-refractivity contribution in [2.45, 2.75) is 13.8 Å². The van der Waals surface area contributed by atoms with Crippen LogP contribution in [-0.2, 0) is 22.4 Å². The molecule has 0 radical (unpaired) electrons. The van der Waals surface area contributed by atoms with Crippen molar-refractivity contribution in [3.05, 3.63) is 139 Å². The van der Waals surface area contributed by atoms with E-state index in [-0.39, 0.29) is 22.4 Å². The van der Waals surface area contributed by atoms with Crippen LogP contribution >= 0.6 is 0 Å². The Morgan fingerprint density at radius 1 is 0.600 bits per heavy atom. The molecular weight excluding hydrogens is 669 g/mol. The third-order valence-corrected chi connectivity index (χ3v) is 7.28. The summed E-state index contributed by atoms with van der Waals surface area (Å²) in [5.74, 6) is 0. The van der Waals surface area contributed by atoms with Crippen molar-refractivity contribution in [2.24, 2.45) is 0 Å². The molecule has 0 saturated carbocycles. The molecule has 0 aliphatic rings. The average molecular weight is 695 g/mol. The molecule has 0 bridgehead atoms. The molecule has 7 aromatic rings. The zero-order valence-electron chi connectivity index (χ0n) is 22.2. The van der Waals surface area contributed by atoms with Gasteiger partial charge in [0.05, 0.1) is 5.69 Å². The number of para-hydroxylation sites is 2. The molecule has 3 heteroatoms. The second kappa shape index (κ2) is 10.7. The molecule has 0 atom stereocenters. The summed E-state index contributed by atoms with van der Waals surface area (Å²) in [7, 11) is 0. The molecule has 2 aromatic heterocycles. The van der Waals surface area contributed by atoms with E-state index in [0.29, 0.717) is 0 Å². The molecular formula is C37H25AuN2. The van der Waals surface area contributed by atoms with E-state index in [1.165, 1.54) is 16.5 Å². The minimum atomic E-state index is 0. The summed E-state index contributed by atoms with van der Waals surface area (Å²) in [5.41, 5.74) is 12.5. The first-order valence-electron chi connectivity index (χ1n) is 13.2. The van der Waals surface area contributed by atoms with Crippen molar-refractivity contribution in [3.8, 4) is 44.8 Å². The number of pyridine rings is 1. The van der Waals surface area contributed by atoms with E-state index in [9.17, 15) is 0 Å². The van der Waals surface area contributed by atoms with Crippen LogP contribution in [0, 0.1) is 26.0 Å². The van der Waals surface area contributed by atoms with E-state index in [1.807, 2.05) is 12.1 Å². The number of nitrogens with zero attached hydrogens (tertiary/aromatic N) is 2. The van der Waals surface area contributed by atoms with Crippen LogP contribution in [0.3, 0.4) is 0 Å². The molecule has 2 nitrogen and oxygen atoms in total. The summed E-state index contributed by atoms with van der Waals surface area (Å²) in [4.78, 5) is 10.1. The summed E-state index contributed by atoms with van der Waals surface area (Å²) in [6.45, 7) is 4.19. The van der Waals surface area contributed by atoms with Gasteiger partial charge in [0.15, 0.2) is 0 Å². The summed E-state index contributed by atoms with van der Waals surface area (Å²) in [6.07, 6.45) is 0. The van der Waals surface area contributed by atoms with Gasteiger partial charge in [0.2, 0.25) is 0 Å². The zero-order chi connectivity index (χ0) is 26.3. The van der Waals surface area contributed by atoms with E-state index < -0.39 is 0 Å². The van der Waals surface area contributed by atoms with E-state index >= 15 is 0 Å². The van der Waals surface area contributed by atoms with E-state index in [1.54, 1.807) is 0 Å². The molecule has 40 heavy (non-hydrogen) atoms. The predicted octanol–water partition coefficient (Wildman–Crippen LogP) is 9.23. The van der Waals surface area contributed by atoms with Crippen LogP contribution in [0.4, 0.5) is 0 Å². The summed E-state index contributed by atoms with van der Waals surface area (Å²) in [6, 6.07) is 47.2. The van der Waals surface area contributed by atoms with Gasteiger partial charge in [0.1, 0.15) is 0 Å². The minimum Gasteiger partial charge on any atom is -0.656 e. The first kappa shape index (κ1) is 26.0. The van der Waals surface area contributed by atoms with Gasteiger partial charge in [0, 0.05) is 5.69 Å². The molecule has 7 rings (SSSR count). The number of benzene rings is 5. The quantitative estimate of drug-likeness (QED) is 0.136. The van der Waals surface area contributed by atoms with Crippen LogP contribution in [0.15, 0.2) is 115 Å². The van der Waals surface area contributed by atoms with Crippen molar-refractivity contribution in [3.63, 3.8) is 0 Å². The Labute approximate surface area is 250 Å². The number of hydrogen-bond acceptors (Lipinski definition) is 1. The first-order chi connectivity index (χ1) is 19.1. The van der Waals surface area contributed by atoms with Crippen LogP contribution in [0.25, 0.3) is 66.6 Å². The molecule has 5 aromatic carbocycles. The smallest absolute Gasteiger partial charge is 0.656 e. The van der Waals surface area contributed by atoms with Gasteiger partial charge in [-0.25, -0.2) is 5.56 Å². The van der Waals surface area contributed by atoms with Crippen LogP contribution in [0.2, 0.25) is 0 Å². The van der Waals surface area contributed by atoms with Gasteiger partial charge in [0.25, 0.3) is 0 Å². The monoisotopic (exact) mass is 694 g/mol. The molecule has 0 aliphatic heterocycles. The summed E-state index contributed by atoms with van der Waals surface area (Å²) >= 11 is 0. The Morgan fingerprint density at radius 3 is 2.15 bits per heavy atom. The second-order valence-corrected chi connectivity index (χ2v) is 10.1. The van der Waals surface area contributed by atoms with Crippen LogP contribution in [0.5, 0.6) is 0 Å². The third kappa shape index (κ3) is 4.82. The Morgan fingerprint density at radius 2 is 1.32 bits per heavy atom. The number of aromatic nitrogens is 2. The van der Waals surface area contributed by atoms with E-state index in [2.05, 4.69) is 129 Å². The summed E-state index contributed by atoms with van der Waals surface area (Å²) in [5, 5.41) is 2.32. The Balaban J connectivity index is 0.00000289. The SMILES string of the molecule is Cc1c[c-]c(-c2[c-]c(-c3cccc(-c4cccc5c4[n-]c4ccccc45)n3)cc(-c3ccc(C)cc3)c2)cc1.[Au+3]. The fraction of sp³-hybridized carbons (Fsp3) is 0.0541. The maximum atomic E-state index is 5.15. The van der Waals surface area contributed by atoms with Gasteiger partial charge in [-0.2, -0.15) is 35.9 Å². The molecule has 194 valence electrons. The molecule has 0 saturated heterocycles. The minimum absolute atomic E-state index is 0. The van der Waals surface area contributed by atoms with E-state index in [0.717, 1.165) is 61.2 Å². The fourth-order valence-electron chi connectivity index (χ4n) is 5.18. The van der Waals surface area contributed by atoms with Crippen LogP contribution < -0.4 is 4.98 Å². The zero-order valence-corrected chi connectivity index (χ0v) is 24.3. The standard InChI is InChI=1S/C37H25N2.Au/c1-24-13-17-26(18-14-24)28-21-29(27-19-15-25(2)16-20-27)23-30(22-28)34-11-6-12-36(38-34)33-9-5-8-32-31-7-3-4-10-35(31)39-37(32)33;/h3-19,21-22H,1-2H3;/q-3;+3. The number of aryl methyl sites for hydroxylation is 2. The number of hydrogen-bond donors (Lipinski definition) is 0. The molecule has 2 heterocycles. The average Bonchev–Trinajstić information content (AvgIpc) is 3.37. The maximum absolute atomic E-state index is 5.15. The van der Waals surface area contributed by atoms with Gasteiger partial charge < -0.3 is 4.98 Å². The maximum Gasteiger partial charge on any atom is 3.00 e. The fourth-order valence-corrected chi connectivity index (χ4v) is 5.18. The van der Waals surface area contributed by atoms with E-state index in [4.69, 9.17) is 9.97 Å². The molecule has 0 unspecified atom stereocenters. The second-order valence-electron chi connectivity index (χ2n) is 10.1. The number of fused-ring (bicyclic) bond motifs is 3. The van der Waals surface area contributed by atoms with Gasteiger partial charge >= 0.3 is 22.4 Å². The normalized spacial score (nSPS) is 11.1. The van der Waals surface area contributed by atoms with Crippen LogP contribution in [0.1, 0.15) is 11.1 Å². The Bertz CT molecular complexity index is 1900. The first-order valence-corrected chi connectivity index (χ1v) is 13.2. The molecule has 0 N–H and O–H groups in total. The van der Waals surface area contributed by atoms with Gasteiger partial charge in [-0.3, -0.25) is 4.98 Å². The van der Waals surface area contributed by atoms with Crippen molar-refractivity contribution in [2.75, 3.05) is 0 Å². The van der Waals surface area contributed by atoms with Gasteiger partial charge in [-0.1, -0.05) is 96.9 Å². The van der Waals surface area contributed by atoms with Crippen LogP contribution in [-0.4, -0.2) is 4.98 Å². The molecule has 0 amide bonds. The predicted molar refractivity (Wildman–Crippen MR) is 161 cm³/mol. The third-order valence-electron chi connectivity index (χ3n) is 7.28. The molecule has 0 fully saturated rings. The van der Waals surface area contributed by atoms with Crippen molar-refractivity contribution < 1.29 is 22.4 Å². The van der Waals surface area contributed by atoms with Gasteiger partial charge in [-0.15, -0.1) is 34.3 Å². The summed E-state index contributed by atoms with van der Waals surface area (Å²) < 4.78 is 0. The Hall–Kier alpha value is -4.21. The number of rotatable bonds is 4. The van der Waals surface area contributed by atoms with Crippen molar-refractivity contribution >= 4 is 21.8 Å². The largest absolute Gasteiger partial charge is 3.00 e. The van der Waals surface area contributed by atoms with Crippen molar-refractivity contribution in [1.29, 1.82) is 0 Å². The topological polar surface area (TPSA) is 27.0 Å². The Kier molecular flexibility index (Phi) is 7.00. The molecule has 0 spiro atoms.